The lowest BCUT2D eigenvalue weighted by Crippen LogP contribution is -2.09. The molecule has 2 aromatic rings. The molecule has 0 saturated carbocycles. The van der Waals surface area contributed by atoms with Crippen LogP contribution in [0.1, 0.15) is 30.0 Å². The van der Waals surface area contributed by atoms with E-state index in [0.29, 0.717) is 11.6 Å². The van der Waals surface area contributed by atoms with Gasteiger partial charge in [0.1, 0.15) is 23.2 Å². The van der Waals surface area contributed by atoms with Crippen LogP contribution in [-0.4, -0.2) is 10.2 Å². The van der Waals surface area contributed by atoms with Crippen LogP contribution in [0, 0.1) is 13.8 Å². The molecule has 17 heavy (non-hydrogen) atoms. The molecule has 0 radical (unpaired) electrons. The van der Waals surface area contributed by atoms with E-state index >= 15 is 0 Å². The molecule has 0 spiro atoms. The monoisotopic (exact) mass is 232 g/mol. The van der Waals surface area contributed by atoms with Crippen LogP contribution in [0.4, 0.5) is 11.6 Å². The molecule has 1 unspecified atom stereocenters. The van der Waals surface area contributed by atoms with Crippen molar-refractivity contribution in [1.29, 1.82) is 0 Å². The van der Waals surface area contributed by atoms with Gasteiger partial charge < -0.3 is 15.5 Å². The zero-order valence-corrected chi connectivity index (χ0v) is 10.2. The van der Waals surface area contributed by atoms with Gasteiger partial charge in [-0.15, -0.1) is 10.2 Å². The number of aryl methyl sites for hydroxylation is 2. The molecule has 2 rings (SSSR count). The Balaban J connectivity index is 2.14. The fourth-order valence-corrected chi connectivity index (χ4v) is 1.80. The van der Waals surface area contributed by atoms with E-state index in [1.807, 2.05) is 19.9 Å². The van der Waals surface area contributed by atoms with Crippen LogP contribution in [0.3, 0.4) is 0 Å². The number of nitrogens with two attached hydrogens (primary N) is 1. The second-order valence-electron chi connectivity index (χ2n) is 4.08. The molecule has 0 aromatic carbocycles. The second kappa shape index (κ2) is 4.45. The highest BCUT2D eigenvalue weighted by Crippen LogP contribution is 2.23. The Bertz CT molecular complexity index is 504. The molecule has 3 N–H and O–H groups in total. The first-order chi connectivity index (χ1) is 8.06. The summed E-state index contributed by atoms with van der Waals surface area (Å²) in [5.41, 5.74) is 6.61. The highest BCUT2D eigenvalue weighted by atomic mass is 16.3. The molecular weight excluding hydrogens is 216 g/mol. The predicted molar refractivity (Wildman–Crippen MR) is 66.7 cm³/mol. The summed E-state index contributed by atoms with van der Waals surface area (Å²) in [4.78, 5) is 0. The minimum absolute atomic E-state index is 0.116. The Hall–Kier alpha value is -2.04. The number of nitrogens with zero attached hydrogens (tertiary/aromatic N) is 2. The first-order valence-corrected chi connectivity index (χ1v) is 5.49. The largest absolute Gasteiger partial charge is 0.466 e. The van der Waals surface area contributed by atoms with Crippen molar-refractivity contribution in [3.63, 3.8) is 0 Å². The number of furan rings is 1. The summed E-state index contributed by atoms with van der Waals surface area (Å²) >= 11 is 0. The summed E-state index contributed by atoms with van der Waals surface area (Å²) in [5.74, 6) is 2.95. The summed E-state index contributed by atoms with van der Waals surface area (Å²) in [6.07, 6.45) is 0. The Morgan fingerprint density at radius 3 is 2.59 bits per heavy atom. The van der Waals surface area contributed by atoms with E-state index in [1.54, 1.807) is 12.1 Å². The maximum absolute atomic E-state index is 5.50. The lowest BCUT2D eigenvalue weighted by molar-refractivity contribution is 0.499. The molecule has 90 valence electrons. The van der Waals surface area contributed by atoms with Crippen molar-refractivity contribution in [3.8, 4) is 0 Å². The fourth-order valence-electron chi connectivity index (χ4n) is 1.80. The summed E-state index contributed by atoms with van der Waals surface area (Å²) in [5, 5.41) is 11.0. The molecule has 2 heterocycles. The van der Waals surface area contributed by atoms with Gasteiger partial charge in [-0.2, -0.15) is 0 Å². The summed E-state index contributed by atoms with van der Waals surface area (Å²) in [6, 6.07) is 5.67. The van der Waals surface area contributed by atoms with Crippen molar-refractivity contribution >= 4 is 11.6 Å². The van der Waals surface area contributed by atoms with Gasteiger partial charge >= 0.3 is 0 Å². The maximum atomic E-state index is 5.50. The molecule has 0 bridgehead atoms. The lowest BCUT2D eigenvalue weighted by atomic mass is 10.1. The van der Waals surface area contributed by atoms with Gasteiger partial charge in [-0.3, -0.25) is 0 Å². The van der Waals surface area contributed by atoms with E-state index in [0.717, 1.165) is 17.1 Å². The average molecular weight is 232 g/mol. The number of nitrogens with one attached hydrogen (secondary N) is 1. The molecule has 0 aliphatic rings. The van der Waals surface area contributed by atoms with Gasteiger partial charge in [0, 0.05) is 5.56 Å². The highest BCUT2D eigenvalue weighted by Gasteiger charge is 2.12. The second-order valence-corrected chi connectivity index (χ2v) is 4.08. The third kappa shape index (κ3) is 2.55. The Labute approximate surface area is 100 Å². The number of hydrogen-bond acceptors (Lipinski definition) is 5. The van der Waals surface area contributed by atoms with Crippen LogP contribution < -0.4 is 11.1 Å². The number of anilines is 2. The van der Waals surface area contributed by atoms with Gasteiger partial charge in [-0.05, 0) is 39.0 Å². The SMILES string of the molecule is Cc1cc(C(C)Nc2ccc(N)nn2)c(C)o1. The van der Waals surface area contributed by atoms with E-state index in [9.17, 15) is 0 Å². The molecule has 2 aromatic heterocycles. The zero-order valence-electron chi connectivity index (χ0n) is 10.2. The van der Waals surface area contributed by atoms with Gasteiger partial charge in [0.2, 0.25) is 0 Å². The molecule has 5 heteroatoms. The van der Waals surface area contributed by atoms with Crippen molar-refractivity contribution in [1.82, 2.24) is 10.2 Å². The Kier molecular flexibility index (Phi) is 2.99. The predicted octanol–water partition coefficient (Wildman–Crippen LogP) is 2.44. The van der Waals surface area contributed by atoms with E-state index in [-0.39, 0.29) is 6.04 Å². The number of aromatic nitrogens is 2. The maximum Gasteiger partial charge on any atom is 0.149 e. The van der Waals surface area contributed by atoms with Gasteiger partial charge in [-0.1, -0.05) is 0 Å². The van der Waals surface area contributed by atoms with Crippen molar-refractivity contribution in [2.45, 2.75) is 26.8 Å². The molecule has 5 nitrogen and oxygen atoms in total. The molecular formula is C12H16N4O. The molecule has 0 aliphatic heterocycles. The zero-order chi connectivity index (χ0) is 12.4. The van der Waals surface area contributed by atoms with Crippen molar-refractivity contribution in [2.24, 2.45) is 0 Å². The van der Waals surface area contributed by atoms with Crippen LogP contribution in [0.5, 0.6) is 0 Å². The topological polar surface area (TPSA) is 77.0 Å². The van der Waals surface area contributed by atoms with Crippen LogP contribution >= 0.6 is 0 Å². The minimum Gasteiger partial charge on any atom is -0.466 e. The van der Waals surface area contributed by atoms with Crippen LogP contribution in [-0.2, 0) is 0 Å². The van der Waals surface area contributed by atoms with Gasteiger partial charge in [-0.25, -0.2) is 0 Å². The first kappa shape index (κ1) is 11.4. The normalized spacial score (nSPS) is 12.4. The molecule has 0 amide bonds. The number of hydrogen-bond donors (Lipinski definition) is 2. The Morgan fingerprint density at radius 2 is 2.06 bits per heavy atom. The molecule has 0 fully saturated rings. The number of rotatable bonds is 3. The van der Waals surface area contributed by atoms with E-state index < -0.39 is 0 Å². The molecule has 0 aliphatic carbocycles. The molecule has 0 saturated heterocycles. The lowest BCUT2D eigenvalue weighted by Gasteiger charge is -2.13. The van der Waals surface area contributed by atoms with E-state index in [4.69, 9.17) is 10.2 Å². The van der Waals surface area contributed by atoms with Crippen LogP contribution in [0.2, 0.25) is 0 Å². The van der Waals surface area contributed by atoms with Crippen molar-refractivity contribution < 1.29 is 4.42 Å². The van der Waals surface area contributed by atoms with Crippen molar-refractivity contribution in [3.05, 3.63) is 35.3 Å². The quantitative estimate of drug-likeness (QED) is 0.849. The third-order valence-electron chi connectivity index (χ3n) is 2.60. The standard InChI is InChI=1S/C12H16N4O/c1-7-6-10(9(3)17-7)8(2)14-12-5-4-11(13)15-16-12/h4-6,8H,1-3H3,(H2,13,15)(H,14,16). The average Bonchev–Trinajstić information content (AvgIpc) is 2.61. The smallest absolute Gasteiger partial charge is 0.149 e. The summed E-state index contributed by atoms with van der Waals surface area (Å²) in [6.45, 7) is 5.94. The van der Waals surface area contributed by atoms with E-state index in [2.05, 4.69) is 22.4 Å². The minimum atomic E-state index is 0.116. The Morgan fingerprint density at radius 1 is 1.29 bits per heavy atom. The third-order valence-corrected chi connectivity index (χ3v) is 2.60. The van der Waals surface area contributed by atoms with Crippen LogP contribution in [0.25, 0.3) is 0 Å². The fraction of sp³-hybridized carbons (Fsp3) is 0.333. The summed E-state index contributed by atoms with van der Waals surface area (Å²) < 4.78 is 5.50. The van der Waals surface area contributed by atoms with Gasteiger partial charge in [0.05, 0.1) is 6.04 Å². The number of nitrogen functional groups attached to an aromatic ring is 1. The highest BCUT2D eigenvalue weighted by molar-refractivity contribution is 5.41. The summed E-state index contributed by atoms with van der Waals surface area (Å²) in [7, 11) is 0. The van der Waals surface area contributed by atoms with Crippen LogP contribution in [0.15, 0.2) is 22.6 Å². The molecule has 1 atom stereocenters. The van der Waals surface area contributed by atoms with E-state index in [1.165, 1.54) is 0 Å². The van der Waals surface area contributed by atoms with Crippen molar-refractivity contribution in [2.75, 3.05) is 11.1 Å². The van der Waals surface area contributed by atoms with Gasteiger partial charge in [0.25, 0.3) is 0 Å². The first-order valence-electron chi connectivity index (χ1n) is 5.49. The van der Waals surface area contributed by atoms with Gasteiger partial charge in [0.15, 0.2) is 0 Å².